The largest absolute Gasteiger partial charge is 0.343 e. The number of amides is 3. The van der Waals surface area contributed by atoms with Gasteiger partial charge in [0.05, 0.1) is 6.54 Å². The number of hydrogen-bond donors (Lipinski definition) is 1. The number of rotatable bonds is 5. The van der Waals surface area contributed by atoms with E-state index in [0.717, 1.165) is 16.2 Å². The van der Waals surface area contributed by atoms with Gasteiger partial charge >= 0.3 is 0 Å². The third kappa shape index (κ3) is 4.19. The Morgan fingerprint density at radius 1 is 1.52 bits per heavy atom. The second kappa shape index (κ2) is 7.41. The molecule has 23 heavy (non-hydrogen) atoms. The third-order valence-electron chi connectivity index (χ3n) is 3.59. The Labute approximate surface area is 143 Å². The summed E-state index contributed by atoms with van der Waals surface area (Å²) in [5, 5.41) is 2.68. The zero-order chi connectivity index (χ0) is 17.0. The summed E-state index contributed by atoms with van der Waals surface area (Å²) >= 11 is 3.38. The van der Waals surface area contributed by atoms with Crippen molar-refractivity contribution in [1.29, 1.82) is 0 Å². The Morgan fingerprint density at radius 3 is 2.91 bits per heavy atom. The van der Waals surface area contributed by atoms with Crippen molar-refractivity contribution in [3.63, 3.8) is 0 Å². The quantitative estimate of drug-likeness (QED) is 0.784. The molecule has 7 heteroatoms. The van der Waals surface area contributed by atoms with Crippen LogP contribution in [-0.4, -0.2) is 48.8 Å². The van der Waals surface area contributed by atoms with Crippen LogP contribution >= 0.6 is 15.9 Å². The molecule has 3 amide bonds. The molecule has 1 aliphatic rings. The first-order valence-electron chi connectivity index (χ1n) is 7.16. The third-order valence-corrected chi connectivity index (χ3v) is 4.09. The van der Waals surface area contributed by atoms with Crippen LogP contribution in [0.1, 0.15) is 6.42 Å². The molecule has 1 atom stereocenters. The van der Waals surface area contributed by atoms with Gasteiger partial charge < -0.3 is 15.1 Å². The SMILES string of the molecule is C=CC(=O)N(C)CC(=O)NC1CCN(c2cccc(Br)c2)C1=O. The Hall–Kier alpha value is -2.15. The van der Waals surface area contributed by atoms with Gasteiger partial charge in [-0.05, 0) is 30.7 Å². The topological polar surface area (TPSA) is 69.7 Å². The molecule has 1 aliphatic heterocycles. The smallest absolute Gasteiger partial charge is 0.249 e. The Bertz CT molecular complexity index is 647. The second-order valence-corrected chi connectivity index (χ2v) is 6.19. The maximum Gasteiger partial charge on any atom is 0.249 e. The highest BCUT2D eigenvalue weighted by Gasteiger charge is 2.33. The van der Waals surface area contributed by atoms with Crippen molar-refractivity contribution in [2.24, 2.45) is 0 Å². The Balaban J connectivity index is 1.95. The average Bonchev–Trinajstić information content (AvgIpc) is 2.87. The predicted molar refractivity (Wildman–Crippen MR) is 90.9 cm³/mol. The van der Waals surface area contributed by atoms with Crippen LogP contribution in [0.5, 0.6) is 0 Å². The van der Waals surface area contributed by atoms with Crippen LogP contribution < -0.4 is 10.2 Å². The van der Waals surface area contributed by atoms with Gasteiger partial charge in [-0.25, -0.2) is 0 Å². The zero-order valence-electron chi connectivity index (χ0n) is 12.8. The van der Waals surface area contributed by atoms with Gasteiger partial charge in [0.1, 0.15) is 6.04 Å². The fourth-order valence-corrected chi connectivity index (χ4v) is 2.79. The minimum Gasteiger partial charge on any atom is -0.343 e. The molecule has 1 saturated heterocycles. The first kappa shape index (κ1) is 17.2. The van der Waals surface area contributed by atoms with Crippen molar-refractivity contribution in [2.75, 3.05) is 25.0 Å². The molecule has 0 radical (unpaired) electrons. The van der Waals surface area contributed by atoms with Crippen LogP contribution in [0.25, 0.3) is 0 Å². The maximum absolute atomic E-state index is 12.4. The van der Waals surface area contributed by atoms with Gasteiger partial charge in [0.25, 0.3) is 0 Å². The number of carbonyl (C=O) groups is 3. The molecule has 1 heterocycles. The van der Waals surface area contributed by atoms with Crippen molar-refractivity contribution in [3.05, 3.63) is 41.4 Å². The van der Waals surface area contributed by atoms with Gasteiger partial charge in [0.15, 0.2) is 0 Å². The van der Waals surface area contributed by atoms with Crippen molar-refractivity contribution < 1.29 is 14.4 Å². The van der Waals surface area contributed by atoms with Crippen LogP contribution in [0.15, 0.2) is 41.4 Å². The fraction of sp³-hybridized carbons (Fsp3) is 0.312. The second-order valence-electron chi connectivity index (χ2n) is 5.28. The average molecular weight is 380 g/mol. The summed E-state index contributed by atoms with van der Waals surface area (Å²) < 4.78 is 0.889. The molecule has 0 saturated carbocycles. The van der Waals surface area contributed by atoms with E-state index in [1.807, 2.05) is 24.3 Å². The number of halogens is 1. The maximum atomic E-state index is 12.4. The minimum atomic E-state index is -0.561. The van der Waals surface area contributed by atoms with Crippen molar-refractivity contribution in [2.45, 2.75) is 12.5 Å². The fourth-order valence-electron chi connectivity index (χ4n) is 2.40. The lowest BCUT2D eigenvalue weighted by atomic mass is 10.2. The molecule has 0 aromatic heterocycles. The van der Waals surface area contributed by atoms with Crippen LogP contribution in [0.2, 0.25) is 0 Å². The zero-order valence-corrected chi connectivity index (χ0v) is 14.4. The standard InChI is InChI=1S/C16H18BrN3O3/c1-3-15(22)19(2)10-14(21)18-13-7-8-20(16(13)23)12-6-4-5-11(17)9-12/h3-6,9,13H,1,7-8,10H2,2H3,(H,18,21). The van der Waals surface area contributed by atoms with E-state index in [0.29, 0.717) is 13.0 Å². The first-order chi connectivity index (χ1) is 10.9. The highest BCUT2D eigenvalue weighted by molar-refractivity contribution is 9.10. The lowest BCUT2D eigenvalue weighted by molar-refractivity contribution is -0.132. The summed E-state index contributed by atoms with van der Waals surface area (Å²) in [6.07, 6.45) is 1.68. The van der Waals surface area contributed by atoms with Crippen LogP contribution in [0, 0.1) is 0 Å². The monoisotopic (exact) mass is 379 g/mol. The molecular weight excluding hydrogens is 362 g/mol. The van der Waals surface area contributed by atoms with Gasteiger partial charge in [-0.15, -0.1) is 0 Å². The van der Waals surface area contributed by atoms with E-state index in [1.54, 1.807) is 4.90 Å². The lowest BCUT2D eigenvalue weighted by Crippen LogP contribution is -2.45. The number of benzene rings is 1. The van der Waals surface area contributed by atoms with Gasteiger partial charge in [0.2, 0.25) is 17.7 Å². The number of anilines is 1. The summed E-state index contributed by atoms with van der Waals surface area (Å²) in [5.41, 5.74) is 0.792. The number of hydrogen-bond acceptors (Lipinski definition) is 3. The van der Waals surface area contributed by atoms with E-state index in [1.165, 1.54) is 11.9 Å². The highest BCUT2D eigenvalue weighted by Crippen LogP contribution is 2.24. The molecule has 0 aliphatic carbocycles. The first-order valence-corrected chi connectivity index (χ1v) is 7.95. The summed E-state index contributed by atoms with van der Waals surface area (Å²) in [6.45, 7) is 3.81. The number of likely N-dealkylation sites (N-methyl/N-ethyl adjacent to an activating group) is 1. The van der Waals surface area contributed by atoms with E-state index >= 15 is 0 Å². The molecule has 1 aromatic carbocycles. The molecule has 122 valence electrons. The molecule has 1 aromatic rings. The van der Waals surface area contributed by atoms with Crippen LogP contribution in [0.3, 0.4) is 0 Å². The summed E-state index contributed by atoms with van der Waals surface area (Å²) in [4.78, 5) is 38.6. The van der Waals surface area contributed by atoms with E-state index in [9.17, 15) is 14.4 Å². The van der Waals surface area contributed by atoms with Crippen LogP contribution in [0.4, 0.5) is 5.69 Å². The van der Waals surface area contributed by atoms with E-state index in [4.69, 9.17) is 0 Å². The molecule has 1 fully saturated rings. The molecule has 0 bridgehead atoms. The highest BCUT2D eigenvalue weighted by atomic mass is 79.9. The summed E-state index contributed by atoms with van der Waals surface area (Å²) in [5.74, 6) is -0.847. The van der Waals surface area contributed by atoms with Crippen molar-refractivity contribution >= 4 is 39.3 Å². The number of carbonyl (C=O) groups excluding carboxylic acids is 3. The van der Waals surface area contributed by atoms with E-state index in [-0.39, 0.29) is 24.3 Å². The molecule has 0 spiro atoms. The van der Waals surface area contributed by atoms with Crippen molar-refractivity contribution in [1.82, 2.24) is 10.2 Å². The van der Waals surface area contributed by atoms with Gasteiger partial charge in [-0.2, -0.15) is 0 Å². The van der Waals surface area contributed by atoms with Crippen LogP contribution in [-0.2, 0) is 14.4 Å². The molecule has 2 rings (SSSR count). The van der Waals surface area contributed by atoms with Gasteiger partial charge in [-0.1, -0.05) is 28.6 Å². The predicted octanol–water partition coefficient (Wildman–Crippen LogP) is 1.31. The Morgan fingerprint density at radius 2 is 2.26 bits per heavy atom. The summed E-state index contributed by atoms with van der Waals surface area (Å²) in [7, 11) is 1.51. The lowest BCUT2D eigenvalue weighted by Gasteiger charge is -2.19. The molecule has 6 nitrogen and oxygen atoms in total. The Kier molecular flexibility index (Phi) is 5.54. The molecular formula is C16H18BrN3O3. The van der Waals surface area contributed by atoms with E-state index < -0.39 is 6.04 Å². The molecule has 1 unspecified atom stereocenters. The minimum absolute atomic E-state index is 0.106. The number of nitrogens with zero attached hydrogens (tertiary/aromatic N) is 2. The molecule has 1 N–H and O–H groups in total. The van der Waals surface area contributed by atoms with Gasteiger partial charge in [-0.3, -0.25) is 14.4 Å². The van der Waals surface area contributed by atoms with Gasteiger partial charge in [0, 0.05) is 23.8 Å². The van der Waals surface area contributed by atoms with E-state index in [2.05, 4.69) is 27.8 Å². The van der Waals surface area contributed by atoms with Crippen molar-refractivity contribution in [3.8, 4) is 0 Å². The number of nitrogens with one attached hydrogen (secondary N) is 1. The summed E-state index contributed by atoms with van der Waals surface area (Å²) in [6, 6.07) is 6.89. The normalized spacial score (nSPS) is 17.0.